The SMILES string of the molecule is O=C1CNCN1CC1CCCCO1. The maximum Gasteiger partial charge on any atom is 0.237 e. The molecule has 0 aromatic carbocycles. The van der Waals surface area contributed by atoms with Gasteiger partial charge in [0.1, 0.15) is 0 Å². The zero-order valence-corrected chi connectivity index (χ0v) is 7.79. The Morgan fingerprint density at radius 1 is 1.54 bits per heavy atom. The van der Waals surface area contributed by atoms with Crippen LogP contribution in [0, 0.1) is 0 Å². The maximum atomic E-state index is 11.3. The van der Waals surface area contributed by atoms with E-state index in [1.807, 2.05) is 4.90 Å². The van der Waals surface area contributed by atoms with Crippen LogP contribution in [0.15, 0.2) is 0 Å². The summed E-state index contributed by atoms with van der Waals surface area (Å²) in [6.07, 6.45) is 3.78. The van der Waals surface area contributed by atoms with Crippen molar-refractivity contribution in [1.29, 1.82) is 0 Å². The van der Waals surface area contributed by atoms with Gasteiger partial charge in [0.25, 0.3) is 0 Å². The molecule has 0 radical (unpaired) electrons. The summed E-state index contributed by atoms with van der Waals surface area (Å²) in [7, 11) is 0. The smallest absolute Gasteiger partial charge is 0.237 e. The van der Waals surface area contributed by atoms with Crippen molar-refractivity contribution in [3.63, 3.8) is 0 Å². The number of nitrogens with one attached hydrogen (secondary N) is 1. The van der Waals surface area contributed by atoms with Crippen LogP contribution in [-0.4, -0.2) is 43.3 Å². The minimum absolute atomic E-state index is 0.203. The van der Waals surface area contributed by atoms with Gasteiger partial charge < -0.3 is 9.64 Å². The number of amides is 1. The van der Waals surface area contributed by atoms with Gasteiger partial charge >= 0.3 is 0 Å². The van der Waals surface area contributed by atoms with Crippen molar-refractivity contribution in [1.82, 2.24) is 10.2 Å². The number of hydrogen-bond donors (Lipinski definition) is 1. The molecule has 1 N–H and O–H groups in total. The van der Waals surface area contributed by atoms with Crippen LogP contribution in [0.4, 0.5) is 0 Å². The molecular formula is C9H16N2O2. The highest BCUT2D eigenvalue weighted by molar-refractivity contribution is 5.80. The fraction of sp³-hybridized carbons (Fsp3) is 0.889. The molecule has 1 amide bonds. The Morgan fingerprint density at radius 3 is 3.08 bits per heavy atom. The van der Waals surface area contributed by atoms with Gasteiger partial charge in [0, 0.05) is 13.2 Å². The van der Waals surface area contributed by atoms with Gasteiger partial charge in [-0.1, -0.05) is 0 Å². The van der Waals surface area contributed by atoms with E-state index in [2.05, 4.69) is 5.32 Å². The first kappa shape index (κ1) is 8.97. The number of carbonyl (C=O) groups excluding carboxylic acids is 1. The van der Waals surface area contributed by atoms with Crippen molar-refractivity contribution in [2.45, 2.75) is 25.4 Å². The second kappa shape index (κ2) is 4.07. The second-order valence-electron chi connectivity index (χ2n) is 3.69. The molecule has 0 aliphatic carbocycles. The molecule has 1 unspecified atom stereocenters. The second-order valence-corrected chi connectivity index (χ2v) is 3.69. The molecule has 2 aliphatic heterocycles. The zero-order chi connectivity index (χ0) is 9.10. The first-order valence-electron chi connectivity index (χ1n) is 4.96. The van der Waals surface area contributed by atoms with Gasteiger partial charge in [0.05, 0.1) is 19.3 Å². The number of rotatable bonds is 2. The molecule has 2 aliphatic rings. The maximum absolute atomic E-state index is 11.3. The van der Waals surface area contributed by atoms with Gasteiger partial charge in [-0.25, -0.2) is 0 Å². The molecule has 1 atom stereocenters. The summed E-state index contributed by atoms with van der Waals surface area (Å²) in [6.45, 7) is 2.82. The minimum Gasteiger partial charge on any atom is -0.376 e. The summed E-state index contributed by atoms with van der Waals surface area (Å²) in [5.41, 5.74) is 0. The molecule has 0 saturated carbocycles. The van der Waals surface area contributed by atoms with E-state index in [0.717, 1.165) is 19.6 Å². The lowest BCUT2D eigenvalue weighted by molar-refractivity contribution is -0.128. The fourth-order valence-corrected chi connectivity index (χ4v) is 1.86. The summed E-state index contributed by atoms with van der Waals surface area (Å²) >= 11 is 0. The van der Waals surface area contributed by atoms with Crippen LogP contribution in [0.25, 0.3) is 0 Å². The topological polar surface area (TPSA) is 41.6 Å². The van der Waals surface area contributed by atoms with Gasteiger partial charge in [-0.15, -0.1) is 0 Å². The van der Waals surface area contributed by atoms with Crippen molar-refractivity contribution >= 4 is 5.91 Å². The highest BCUT2D eigenvalue weighted by atomic mass is 16.5. The molecular weight excluding hydrogens is 168 g/mol. The Labute approximate surface area is 78.2 Å². The lowest BCUT2D eigenvalue weighted by atomic mass is 10.1. The van der Waals surface area contributed by atoms with Crippen molar-refractivity contribution < 1.29 is 9.53 Å². The van der Waals surface area contributed by atoms with Crippen molar-refractivity contribution in [3.8, 4) is 0 Å². The monoisotopic (exact) mass is 184 g/mol. The molecule has 4 heteroatoms. The number of ether oxygens (including phenoxy) is 1. The number of carbonyl (C=O) groups is 1. The van der Waals surface area contributed by atoms with Crippen LogP contribution < -0.4 is 5.32 Å². The summed E-state index contributed by atoms with van der Waals surface area (Å²) in [6, 6.07) is 0. The molecule has 0 aromatic rings. The third kappa shape index (κ3) is 2.19. The molecule has 2 fully saturated rings. The molecule has 2 rings (SSSR count). The van der Waals surface area contributed by atoms with E-state index in [1.54, 1.807) is 0 Å². The quantitative estimate of drug-likeness (QED) is 0.654. The fourth-order valence-electron chi connectivity index (χ4n) is 1.86. The third-order valence-corrected chi connectivity index (χ3v) is 2.63. The first-order chi connectivity index (χ1) is 6.36. The Kier molecular flexibility index (Phi) is 2.80. The minimum atomic E-state index is 0.203. The molecule has 0 aromatic heterocycles. The van der Waals surface area contributed by atoms with E-state index in [4.69, 9.17) is 4.74 Å². The van der Waals surface area contributed by atoms with Gasteiger partial charge in [-0.05, 0) is 19.3 Å². The average Bonchev–Trinajstić information content (AvgIpc) is 2.54. The van der Waals surface area contributed by atoms with E-state index in [9.17, 15) is 4.79 Å². The van der Waals surface area contributed by atoms with Crippen LogP contribution in [-0.2, 0) is 9.53 Å². The highest BCUT2D eigenvalue weighted by Crippen LogP contribution is 2.14. The van der Waals surface area contributed by atoms with Gasteiger partial charge in [0.15, 0.2) is 0 Å². The van der Waals surface area contributed by atoms with Crippen LogP contribution in [0.3, 0.4) is 0 Å². The summed E-state index contributed by atoms with van der Waals surface area (Å²) < 4.78 is 5.57. The van der Waals surface area contributed by atoms with Crippen LogP contribution in [0.1, 0.15) is 19.3 Å². The van der Waals surface area contributed by atoms with Crippen LogP contribution in [0.2, 0.25) is 0 Å². The molecule has 0 spiro atoms. The lowest BCUT2D eigenvalue weighted by Gasteiger charge is -2.26. The average molecular weight is 184 g/mol. The molecule has 13 heavy (non-hydrogen) atoms. The predicted octanol–water partition coefficient (Wildman–Crippen LogP) is -0.0552. The Balaban J connectivity index is 1.79. The Hall–Kier alpha value is -0.610. The Morgan fingerprint density at radius 2 is 2.46 bits per heavy atom. The normalized spacial score (nSPS) is 29.7. The van der Waals surface area contributed by atoms with Crippen molar-refractivity contribution in [3.05, 3.63) is 0 Å². The molecule has 2 saturated heterocycles. The molecule has 74 valence electrons. The van der Waals surface area contributed by atoms with Crippen LogP contribution >= 0.6 is 0 Å². The lowest BCUT2D eigenvalue weighted by Crippen LogP contribution is -2.37. The molecule has 4 nitrogen and oxygen atoms in total. The Bertz CT molecular complexity index is 190. The molecule has 0 bridgehead atoms. The van der Waals surface area contributed by atoms with E-state index in [-0.39, 0.29) is 12.0 Å². The largest absolute Gasteiger partial charge is 0.376 e. The van der Waals surface area contributed by atoms with E-state index < -0.39 is 0 Å². The number of nitrogens with zero attached hydrogens (tertiary/aromatic N) is 1. The van der Waals surface area contributed by atoms with Gasteiger partial charge in [0.2, 0.25) is 5.91 Å². The highest BCUT2D eigenvalue weighted by Gasteiger charge is 2.24. The summed E-state index contributed by atoms with van der Waals surface area (Å²) in [5, 5.41) is 3.03. The van der Waals surface area contributed by atoms with Gasteiger partial charge in [-0.2, -0.15) is 0 Å². The van der Waals surface area contributed by atoms with E-state index >= 15 is 0 Å². The van der Waals surface area contributed by atoms with E-state index in [1.165, 1.54) is 12.8 Å². The van der Waals surface area contributed by atoms with Crippen molar-refractivity contribution in [2.24, 2.45) is 0 Å². The summed E-state index contributed by atoms with van der Waals surface area (Å²) in [4.78, 5) is 13.1. The first-order valence-corrected chi connectivity index (χ1v) is 4.96. The molecule has 2 heterocycles. The van der Waals surface area contributed by atoms with Crippen LogP contribution in [0.5, 0.6) is 0 Å². The van der Waals surface area contributed by atoms with Gasteiger partial charge in [-0.3, -0.25) is 10.1 Å². The zero-order valence-electron chi connectivity index (χ0n) is 7.79. The third-order valence-electron chi connectivity index (χ3n) is 2.63. The standard InChI is InChI=1S/C9H16N2O2/c12-9-5-10-7-11(9)6-8-3-1-2-4-13-8/h8,10H,1-7H2. The summed E-state index contributed by atoms with van der Waals surface area (Å²) in [5.74, 6) is 0.203. The predicted molar refractivity (Wildman–Crippen MR) is 48.2 cm³/mol. The number of hydrogen-bond acceptors (Lipinski definition) is 3. The van der Waals surface area contributed by atoms with E-state index in [0.29, 0.717) is 13.2 Å². The van der Waals surface area contributed by atoms with Crippen molar-refractivity contribution in [2.75, 3.05) is 26.4 Å².